The van der Waals surface area contributed by atoms with Gasteiger partial charge in [-0.1, -0.05) is 35.4 Å². The van der Waals surface area contributed by atoms with E-state index >= 15 is 0 Å². The van der Waals surface area contributed by atoms with E-state index in [4.69, 9.17) is 47.4 Å². The summed E-state index contributed by atoms with van der Waals surface area (Å²) in [7, 11) is 1.65. The summed E-state index contributed by atoms with van der Waals surface area (Å²) in [5, 5.41) is 0. The SMILES string of the molecule is COCCOCCOCCOCCOCCOCCOCCOCCOCCOCCCCCCI. The zero-order chi connectivity index (χ0) is 26.0. The highest BCUT2D eigenvalue weighted by molar-refractivity contribution is 14.1. The van der Waals surface area contributed by atoms with E-state index in [-0.39, 0.29) is 0 Å². The van der Waals surface area contributed by atoms with Gasteiger partial charge in [0.25, 0.3) is 0 Å². The van der Waals surface area contributed by atoms with Gasteiger partial charge in [-0.15, -0.1) is 0 Å². The number of hydrogen-bond donors (Lipinski definition) is 0. The van der Waals surface area contributed by atoms with Crippen LogP contribution in [0.1, 0.15) is 25.7 Å². The molecule has 218 valence electrons. The molecule has 0 aromatic rings. The lowest BCUT2D eigenvalue weighted by Gasteiger charge is -2.09. The van der Waals surface area contributed by atoms with Crippen molar-refractivity contribution in [3.8, 4) is 0 Å². The highest BCUT2D eigenvalue weighted by Crippen LogP contribution is 2.02. The summed E-state index contributed by atoms with van der Waals surface area (Å²) < 4.78 is 55.1. The van der Waals surface area contributed by atoms with Crippen LogP contribution < -0.4 is 0 Å². The topological polar surface area (TPSA) is 92.3 Å². The second-order valence-corrected chi connectivity index (χ2v) is 8.69. The Kier molecular flexibility index (Phi) is 35.7. The van der Waals surface area contributed by atoms with Crippen LogP contribution in [-0.4, -0.2) is 137 Å². The minimum Gasteiger partial charge on any atom is -0.382 e. The number of methoxy groups -OCH3 is 1. The fraction of sp³-hybridized carbons (Fsp3) is 1.00. The van der Waals surface area contributed by atoms with Crippen LogP contribution in [0.15, 0.2) is 0 Å². The van der Waals surface area contributed by atoms with Gasteiger partial charge in [-0.05, 0) is 17.3 Å². The minimum atomic E-state index is 0.533. The summed E-state index contributed by atoms with van der Waals surface area (Å²) >= 11 is 2.42. The standard InChI is InChI=1S/C25H51IO10/c1-27-8-9-29-12-13-31-16-17-33-20-21-35-24-25-36-23-22-34-19-18-32-15-14-30-11-10-28-7-5-3-2-4-6-26/h2-25H2,1H3. The predicted molar refractivity (Wildman–Crippen MR) is 147 cm³/mol. The van der Waals surface area contributed by atoms with Crippen molar-refractivity contribution in [2.75, 3.05) is 137 Å². The van der Waals surface area contributed by atoms with Crippen LogP contribution in [0.25, 0.3) is 0 Å². The number of alkyl halides is 1. The molecule has 0 bridgehead atoms. The van der Waals surface area contributed by atoms with E-state index in [1.165, 1.54) is 23.7 Å². The molecule has 0 spiro atoms. The lowest BCUT2D eigenvalue weighted by Crippen LogP contribution is -2.15. The molecule has 0 aromatic carbocycles. The third-order valence-electron chi connectivity index (χ3n) is 4.58. The summed E-state index contributed by atoms with van der Waals surface area (Å²) in [5.74, 6) is 0. The van der Waals surface area contributed by atoms with Crippen LogP contribution in [-0.2, 0) is 47.4 Å². The Hall–Kier alpha value is 0.330. The largest absolute Gasteiger partial charge is 0.382 e. The van der Waals surface area contributed by atoms with Crippen molar-refractivity contribution in [3.63, 3.8) is 0 Å². The van der Waals surface area contributed by atoms with Crippen LogP contribution in [0.3, 0.4) is 0 Å². The van der Waals surface area contributed by atoms with Gasteiger partial charge >= 0.3 is 0 Å². The minimum absolute atomic E-state index is 0.533. The van der Waals surface area contributed by atoms with Crippen molar-refractivity contribution >= 4 is 22.6 Å². The average Bonchev–Trinajstić information content (AvgIpc) is 2.89. The number of ether oxygens (including phenoxy) is 10. The average molecular weight is 639 g/mol. The Labute approximate surface area is 232 Å². The van der Waals surface area contributed by atoms with Gasteiger partial charge in [0, 0.05) is 13.7 Å². The lowest BCUT2D eigenvalue weighted by atomic mass is 10.2. The van der Waals surface area contributed by atoms with Gasteiger partial charge in [0.05, 0.1) is 119 Å². The molecule has 11 heteroatoms. The van der Waals surface area contributed by atoms with Crippen molar-refractivity contribution in [2.45, 2.75) is 25.7 Å². The number of hydrogen-bond acceptors (Lipinski definition) is 10. The third-order valence-corrected chi connectivity index (χ3v) is 5.34. The van der Waals surface area contributed by atoms with Gasteiger partial charge in [0.1, 0.15) is 0 Å². The molecule has 10 nitrogen and oxygen atoms in total. The molecule has 0 saturated heterocycles. The predicted octanol–water partition coefficient (Wildman–Crippen LogP) is 2.78. The van der Waals surface area contributed by atoms with E-state index in [0.29, 0.717) is 119 Å². The summed E-state index contributed by atoms with van der Waals surface area (Å²) in [5.41, 5.74) is 0. The molecular weight excluding hydrogens is 587 g/mol. The van der Waals surface area contributed by atoms with Gasteiger partial charge < -0.3 is 47.4 Å². The molecule has 0 radical (unpaired) electrons. The normalized spacial score (nSPS) is 11.5. The molecule has 0 heterocycles. The smallest absolute Gasteiger partial charge is 0.0701 e. The van der Waals surface area contributed by atoms with E-state index in [2.05, 4.69) is 22.6 Å². The monoisotopic (exact) mass is 638 g/mol. The Morgan fingerprint density at radius 3 is 0.833 bits per heavy atom. The van der Waals surface area contributed by atoms with Crippen molar-refractivity contribution in [3.05, 3.63) is 0 Å². The van der Waals surface area contributed by atoms with E-state index in [0.717, 1.165) is 13.0 Å². The van der Waals surface area contributed by atoms with E-state index in [9.17, 15) is 0 Å². The van der Waals surface area contributed by atoms with Gasteiger partial charge in [-0.25, -0.2) is 0 Å². The molecule has 0 saturated carbocycles. The second-order valence-electron chi connectivity index (χ2n) is 7.61. The summed E-state index contributed by atoms with van der Waals surface area (Å²) in [6.45, 7) is 10.9. The molecule has 0 aliphatic rings. The number of unbranched alkanes of at least 4 members (excludes halogenated alkanes) is 3. The Morgan fingerprint density at radius 1 is 0.306 bits per heavy atom. The van der Waals surface area contributed by atoms with Crippen LogP contribution >= 0.6 is 22.6 Å². The van der Waals surface area contributed by atoms with Crippen molar-refractivity contribution in [1.82, 2.24) is 0 Å². The van der Waals surface area contributed by atoms with Gasteiger partial charge in [-0.3, -0.25) is 0 Å². The first kappa shape index (κ1) is 36.3. The van der Waals surface area contributed by atoms with E-state index < -0.39 is 0 Å². The highest BCUT2D eigenvalue weighted by Gasteiger charge is 1.96. The molecule has 0 amide bonds. The van der Waals surface area contributed by atoms with Gasteiger partial charge in [0.15, 0.2) is 0 Å². The van der Waals surface area contributed by atoms with Crippen LogP contribution in [0.4, 0.5) is 0 Å². The highest BCUT2D eigenvalue weighted by atomic mass is 127. The number of halogens is 1. The third kappa shape index (κ3) is 34.3. The molecule has 0 unspecified atom stereocenters. The van der Waals surface area contributed by atoms with Crippen molar-refractivity contribution in [1.29, 1.82) is 0 Å². The molecule has 36 heavy (non-hydrogen) atoms. The van der Waals surface area contributed by atoms with Gasteiger partial charge in [-0.2, -0.15) is 0 Å². The first-order chi connectivity index (χ1) is 17.9. The Balaban J connectivity index is 3.00. The van der Waals surface area contributed by atoms with Crippen molar-refractivity contribution in [2.24, 2.45) is 0 Å². The fourth-order valence-corrected chi connectivity index (χ4v) is 3.20. The molecule has 0 rings (SSSR count). The lowest BCUT2D eigenvalue weighted by molar-refractivity contribution is -0.0259. The maximum Gasteiger partial charge on any atom is 0.0701 e. The molecule has 0 aliphatic heterocycles. The van der Waals surface area contributed by atoms with E-state index in [1.54, 1.807) is 7.11 Å². The van der Waals surface area contributed by atoms with Gasteiger partial charge in [0.2, 0.25) is 0 Å². The maximum absolute atomic E-state index is 5.55. The summed E-state index contributed by atoms with van der Waals surface area (Å²) in [6.07, 6.45) is 5.00. The molecule has 0 aromatic heterocycles. The zero-order valence-electron chi connectivity index (χ0n) is 22.4. The van der Waals surface area contributed by atoms with Crippen LogP contribution in [0, 0.1) is 0 Å². The quantitative estimate of drug-likeness (QED) is 0.0608. The molecule has 0 fully saturated rings. The molecular formula is C25H51IO10. The fourth-order valence-electron chi connectivity index (χ4n) is 2.66. The van der Waals surface area contributed by atoms with Crippen molar-refractivity contribution < 1.29 is 47.4 Å². The Bertz CT molecular complexity index is 349. The maximum atomic E-state index is 5.55. The van der Waals surface area contributed by atoms with Crippen LogP contribution in [0.5, 0.6) is 0 Å². The first-order valence-electron chi connectivity index (χ1n) is 13.2. The Morgan fingerprint density at radius 2 is 0.556 bits per heavy atom. The molecule has 0 N–H and O–H groups in total. The molecule has 0 atom stereocenters. The summed E-state index contributed by atoms with van der Waals surface area (Å²) in [6, 6.07) is 0. The van der Waals surface area contributed by atoms with Crippen LogP contribution in [0.2, 0.25) is 0 Å². The molecule has 0 aliphatic carbocycles. The zero-order valence-corrected chi connectivity index (χ0v) is 24.6. The second kappa shape index (κ2) is 35.3. The van der Waals surface area contributed by atoms with E-state index in [1.807, 2.05) is 0 Å². The first-order valence-corrected chi connectivity index (χ1v) is 14.7. The number of rotatable bonds is 33. The summed E-state index contributed by atoms with van der Waals surface area (Å²) in [4.78, 5) is 0.